The molecule has 1 aliphatic rings. The van der Waals surface area contributed by atoms with E-state index in [1.54, 1.807) is 0 Å². The third-order valence-corrected chi connectivity index (χ3v) is 2.48. The number of rotatable bonds is 0. The highest BCUT2D eigenvalue weighted by Crippen LogP contribution is 2.21. The van der Waals surface area contributed by atoms with E-state index in [0.29, 0.717) is 10.7 Å². The lowest BCUT2D eigenvalue weighted by atomic mass is 10.4. The van der Waals surface area contributed by atoms with Crippen molar-refractivity contribution in [3.8, 4) is 0 Å². The summed E-state index contributed by atoms with van der Waals surface area (Å²) in [5, 5.41) is 26.6. The SMILES string of the molecule is O=C(O)N1CCSCC1(O)O. The average Bonchev–Trinajstić information content (AvgIpc) is 1.85. The fourth-order valence-electron chi connectivity index (χ4n) is 0.871. The zero-order chi connectivity index (χ0) is 8.48. The lowest BCUT2D eigenvalue weighted by Gasteiger charge is -2.36. The van der Waals surface area contributed by atoms with Crippen molar-refractivity contribution in [1.82, 2.24) is 4.90 Å². The van der Waals surface area contributed by atoms with Crippen LogP contribution >= 0.6 is 11.8 Å². The fraction of sp³-hybridized carbons (Fsp3) is 0.800. The van der Waals surface area contributed by atoms with Crippen molar-refractivity contribution in [2.45, 2.75) is 5.91 Å². The van der Waals surface area contributed by atoms with Crippen LogP contribution in [0.15, 0.2) is 0 Å². The maximum atomic E-state index is 10.4. The van der Waals surface area contributed by atoms with E-state index in [0.717, 1.165) is 0 Å². The molecule has 1 amide bonds. The predicted octanol–water partition coefficient (Wildman–Crippen LogP) is -0.648. The van der Waals surface area contributed by atoms with Crippen LogP contribution in [0.3, 0.4) is 0 Å². The summed E-state index contributed by atoms with van der Waals surface area (Å²) in [6.45, 7) is 0.160. The van der Waals surface area contributed by atoms with Gasteiger partial charge in [0.2, 0.25) is 0 Å². The summed E-state index contributed by atoms with van der Waals surface area (Å²) in [6, 6.07) is 0. The minimum Gasteiger partial charge on any atom is -0.465 e. The lowest BCUT2D eigenvalue weighted by molar-refractivity contribution is -0.231. The molecule has 0 radical (unpaired) electrons. The molecule has 1 saturated heterocycles. The minimum absolute atomic E-state index is 0.0132. The largest absolute Gasteiger partial charge is 0.465 e. The second-order valence-electron chi connectivity index (χ2n) is 2.26. The molecule has 1 heterocycles. The van der Waals surface area contributed by atoms with Crippen molar-refractivity contribution in [2.24, 2.45) is 0 Å². The average molecular weight is 179 g/mol. The van der Waals surface area contributed by atoms with E-state index < -0.39 is 12.0 Å². The standard InChI is InChI=1S/C5H9NO4S/c7-4(8)6-1-2-11-3-5(6,9)10/h9-10H,1-3H2,(H,7,8). The normalized spacial score (nSPS) is 23.3. The summed E-state index contributed by atoms with van der Waals surface area (Å²) >= 11 is 1.32. The van der Waals surface area contributed by atoms with Gasteiger partial charge in [-0.25, -0.2) is 4.79 Å². The van der Waals surface area contributed by atoms with Gasteiger partial charge in [0.05, 0.1) is 5.75 Å². The number of hydrogen-bond acceptors (Lipinski definition) is 4. The number of carboxylic acid groups (broad SMARTS) is 1. The van der Waals surface area contributed by atoms with E-state index in [1.165, 1.54) is 11.8 Å². The highest BCUT2D eigenvalue weighted by atomic mass is 32.2. The first kappa shape index (κ1) is 8.63. The van der Waals surface area contributed by atoms with Crippen LogP contribution in [-0.4, -0.2) is 50.3 Å². The van der Waals surface area contributed by atoms with E-state index >= 15 is 0 Å². The highest BCUT2D eigenvalue weighted by molar-refractivity contribution is 7.99. The van der Waals surface area contributed by atoms with Crippen molar-refractivity contribution in [1.29, 1.82) is 0 Å². The fourth-order valence-corrected chi connectivity index (χ4v) is 1.76. The van der Waals surface area contributed by atoms with Crippen LogP contribution in [0.5, 0.6) is 0 Å². The molecule has 0 aromatic heterocycles. The number of thioether (sulfide) groups is 1. The monoisotopic (exact) mass is 179 g/mol. The predicted molar refractivity (Wildman–Crippen MR) is 39.2 cm³/mol. The van der Waals surface area contributed by atoms with E-state index in [1.807, 2.05) is 0 Å². The minimum atomic E-state index is -2.19. The lowest BCUT2D eigenvalue weighted by Crippen LogP contribution is -2.56. The van der Waals surface area contributed by atoms with Gasteiger partial charge in [0.1, 0.15) is 0 Å². The first-order valence-corrected chi connectivity index (χ1v) is 4.22. The Morgan fingerprint density at radius 2 is 2.18 bits per heavy atom. The second-order valence-corrected chi connectivity index (χ2v) is 3.37. The van der Waals surface area contributed by atoms with Gasteiger partial charge in [0.25, 0.3) is 5.91 Å². The third-order valence-electron chi connectivity index (χ3n) is 1.42. The Morgan fingerprint density at radius 3 is 2.55 bits per heavy atom. The molecule has 11 heavy (non-hydrogen) atoms. The summed E-state index contributed by atoms with van der Waals surface area (Å²) in [4.78, 5) is 11.0. The molecule has 0 saturated carbocycles. The molecule has 0 aromatic rings. The molecule has 64 valence electrons. The maximum absolute atomic E-state index is 10.4. The Bertz CT molecular complexity index is 172. The molecule has 6 heteroatoms. The zero-order valence-corrected chi connectivity index (χ0v) is 6.54. The molecular formula is C5H9NO4S. The molecule has 0 unspecified atom stereocenters. The summed E-state index contributed by atoms with van der Waals surface area (Å²) in [6.07, 6.45) is -1.30. The first-order chi connectivity index (χ1) is 5.04. The number of hydrogen-bond donors (Lipinski definition) is 3. The molecule has 0 spiro atoms. The highest BCUT2D eigenvalue weighted by Gasteiger charge is 2.38. The molecule has 1 fully saturated rings. The summed E-state index contributed by atoms with van der Waals surface area (Å²) in [7, 11) is 0. The maximum Gasteiger partial charge on any atom is 0.411 e. The molecule has 0 atom stereocenters. The van der Waals surface area contributed by atoms with Gasteiger partial charge < -0.3 is 15.3 Å². The van der Waals surface area contributed by atoms with Gasteiger partial charge in [-0.05, 0) is 0 Å². The van der Waals surface area contributed by atoms with Gasteiger partial charge >= 0.3 is 6.09 Å². The van der Waals surface area contributed by atoms with Gasteiger partial charge in [-0.15, -0.1) is 0 Å². The van der Waals surface area contributed by atoms with Crippen LogP contribution in [0.2, 0.25) is 0 Å². The van der Waals surface area contributed by atoms with E-state index in [4.69, 9.17) is 15.3 Å². The van der Waals surface area contributed by atoms with Gasteiger partial charge in [0.15, 0.2) is 0 Å². The third kappa shape index (κ3) is 1.76. The first-order valence-electron chi connectivity index (χ1n) is 3.07. The number of nitrogens with zero attached hydrogens (tertiary/aromatic N) is 1. The van der Waals surface area contributed by atoms with Gasteiger partial charge in [-0.2, -0.15) is 11.8 Å². The van der Waals surface area contributed by atoms with Gasteiger partial charge in [-0.3, -0.25) is 4.90 Å². The van der Waals surface area contributed by atoms with E-state index in [9.17, 15) is 4.79 Å². The molecule has 0 aromatic carbocycles. The Labute approximate surface area is 67.6 Å². The van der Waals surface area contributed by atoms with Crippen molar-refractivity contribution in [3.05, 3.63) is 0 Å². The quantitative estimate of drug-likeness (QED) is 0.431. The summed E-state index contributed by atoms with van der Waals surface area (Å²) < 4.78 is 0. The molecular weight excluding hydrogens is 170 g/mol. The van der Waals surface area contributed by atoms with E-state index in [2.05, 4.69) is 0 Å². The molecule has 0 bridgehead atoms. The van der Waals surface area contributed by atoms with Gasteiger partial charge in [0, 0.05) is 12.3 Å². The molecule has 0 aliphatic carbocycles. The van der Waals surface area contributed by atoms with Crippen LogP contribution in [0.4, 0.5) is 4.79 Å². The second kappa shape index (κ2) is 2.88. The van der Waals surface area contributed by atoms with Crippen molar-refractivity contribution in [3.63, 3.8) is 0 Å². The van der Waals surface area contributed by atoms with E-state index in [-0.39, 0.29) is 12.3 Å². The van der Waals surface area contributed by atoms with Crippen molar-refractivity contribution >= 4 is 17.9 Å². The molecule has 1 aliphatic heterocycles. The Morgan fingerprint density at radius 1 is 1.55 bits per heavy atom. The van der Waals surface area contributed by atoms with Gasteiger partial charge in [-0.1, -0.05) is 0 Å². The number of aliphatic hydroxyl groups is 2. The topological polar surface area (TPSA) is 81.0 Å². The summed E-state index contributed by atoms with van der Waals surface area (Å²) in [5.41, 5.74) is 0. The Hall–Kier alpha value is -0.460. The Kier molecular flexibility index (Phi) is 2.26. The number of carbonyl (C=O) groups is 1. The molecule has 1 rings (SSSR count). The molecule has 5 nitrogen and oxygen atoms in total. The van der Waals surface area contributed by atoms with Crippen molar-refractivity contribution < 1.29 is 20.1 Å². The Balaban J connectivity index is 2.67. The van der Waals surface area contributed by atoms with Crippen LogP contribution in [-0.2, 0) is 0 Å². The van der Waals surface area contributed by atoms with Crippen LogP contribution in [0.1, 0.15) is 0 Å². The summed E-state index contributed by atoms with van der Waals surface area (Å²) in [5.74, 6) is -1.57. The van der Waals surface area contributed by atoms with Crippen LogP contribution in [0.25, 0.3) is 0 Å². The smallest absolute Gasteiger partial charge is 0.411 e. The number of amides is 1. The van der Waals surface area contributed by atoms with Crippen LogP contribution in [0, 0.1) is 0 Å². The zero-order valence-electron chi connectivity index (χ0n) is 5.73. The molecule has 3 N–H and O–H groups in total. The van der Waals surface area contributed by atoms with Crippen molar-refractivity contribution in [2.75, 3.05) is 18.1 Å². The van der Waals surface area contributed by atoms with Crippen LogP contribution < -0.4 is 0 Å².